The standard InChI is InChI=1S/C65H120N12O11/c1-25-47-61(84)71(18)36-52(78)72(19)48(32-37(2)3)58(81)70-53(41(10)11)64(87)73(20)49(33-38(4)5)57(80)67-45(16)56(79)68-46(17)60(83)74(21)50(34-39(6)7)62(85)75(22)51(35-40(8)9)63(86)76(23)54(42(12)13)65(88)77(24)55(59(82)69-47)44(15)43(14)30-28-26-27-29-31-66/h37-51,53-55H,25-36,66H2,1-24H3,(H,67,80)(H,68,79)(H,69,82)(H,70,81)/t43-,44-,45+,46-,47+,48+,49+,50+,51+,53+,54+,55+/m1/s1. The Balaban J connectivity index is 4.33. The molecule has 0 aromatic rings. The van der Waals surface area contributed by atoms with Crippen molar-refractivity contribution in [1.29, 1.82) is 0 Å². The van der Waals surface area contributed by atoms with Gasteiger partial charge < -0.3 is 61.3 Å². The van der Waals surface area contributed by atoms with Crippen LogP contribution in [0.3, 0.4) is 0 Å². The quantitative estimate of drug-likeness (QED) is 0.112. The summed E-state index contributed by atoms with van der Waals surface area (Å²) in [6.07, 6.45) is 5.13. The summed E-state index contributed by atoms with van der Waals surface area (Å²) in [5.41, 5.74) is 5.78. The smallest absolute Gasteiger partial charge is 0.246 e. The Hall–Kier alpha value is -5.87. The second kappa shape index (κ2) is 37.3. The third-order valence-electron chi connectivity index (χ3n) is 17.4. The predicted octanol–water partition coefficient (Wildman–Crippen LogP) is 4.49. The summed E-state index contributed by atoms with van der Waals surface area (Å²) in [5.74, 6) is -8.75. The van der Waals surface area contributed by atoms with E-state index in [0.29, 0.717) is 6.54 Å². The molecule has 506 valence electrons. The third kappa shape index (κ3) is 23.2. The van der Waals surface area contributed by atoms with Gasteiger partial charge in [0.05, 0.1) is 6.54 Å². The number of hydrogen-bond donors (Lipinski definition) is 5. The van der Waals surface area contributed by atoms with Crippen molar-refractivity contribution in [3.8, 4) is 0 Å². The summed E-state index contributed by atoms with van der Waals surface area (Å²) < 4.78 is 0. The zero-order valence-corrected chi connectivity index (χ0v) is 58.6. The van der Waals surface area contributed by atoms with Crippen LogP contribution in [-0.4, -0.2) is 222 Å². The number of rotatable bonds is 19. The maximum Gasteiger partial charge on any atom is 0.246 e. The van der Waals surface area contributed by atoms with Crippen LogP contribution < -0.4 is 27.0 Å². The van der Waals surface area contributed by atoms with Gasteiger partial charge in [0.2, 0.25) is 65.0 Å². The molecule has 1 fully saturated rings. The monoisotopic (exact) mass is 1240 g/mol. The lowest BCUT2D eigenvalue weighted by molar-refractivity contribution is -0.156. The first-order valence-corrected chi connectivity index (χ1v) is 32.5. The van der Waals surface area contributed by atoms with Gasteiger partial charge in [0.1, 0.15) is 60.4 Å². The summed E-state index contributed by atoms with van der Waals surface area (Å²) in [6.45, 7) is 30.8. The maximum absolute atomic E-state index is 15.4. The Bertz CT molecular complexity index is 2330. The van der Waals surface area contributed by atoms with E-state index < -0.39 is 150 Å². The maximum atomic E-state index is 15.4. The van der Waals surface area contributed by atoms with E-state index in [1.54, 1.807) is 34.6 Å². The van der Waals surface area contributed by atoms with Gasteiger partial charge in [-0.25, -0.2) is 0 Å². The number of carbonyl (C=O) groups is 11. The topological polar surface area (TPSA) is 285 Å². The number of likely N-dealkylation sites (N-methyl/N-ethyl adjacent to an activating group) is 7. The lowest BCUT2D eigenvalue weighted by Crippen LogP contribution is -2.62. The van der Waals surface area contributed by atoms with Gasteiger partial charge in [-0.05, 0) is 106 Å². The molecular weight excluding hydrogens is 1120 g/mol. The molecule has 88 heavy (non-hydrogen) atoms. The first kappa shape index (κ1) is 80.1. The number of carbonyl (C=O) groups excluding carboxylic acids is 11. The van der Waals surface area contributed by atoms with Crippen molar-refractivity contribution in [3.05, 3.63) is 0 Å². The SMILES string of the molecule is CC[C@@H]1NC(=O)[C@H]([C@H](C)[C@H](C)CCCCCCN)N(C)C(=O)[C@H](C(C)C)N(C)C(=O)[C@H](CC(C)C)N(C)C(=O)[C@H](CC(C)C)N(C)C(=O)[C@@H](C)NC(=O)[C@H](C)NC(=O)[C@H](CC(C)C)N(C)C(=O)[C@H](C(C)C)NC(=O)[C@H](CC(C)C)N(C)C(=O)CN(C)C1=O. The molecule has 0 aliphatic carbocycles. The van der Waals surface area contributed by atoms with Crippen molar-refractivity contribution in [1.82, 2.24) is 55.6 Å². The van der Waals surface area contributed by atoms with Crippen LogP contribution in [0.1, 0.15) is 182 Å². The van der Waals surface area contributed by atoms with Crippen molar-refractivity contribution in [2.45, 2.75) is 242 Å². The van der Waals surface area contributed by atoms with Crippen LogP contribution in [0.25, 0.3) is 0 Å². The average Bonchev–Trinajstić information content (AvgIpc) is 3.66. The van der Waals surface area contributed by atoms with Crippen molar-refractivity contribution in [2.24, 2.45) is 53.1 Å². The summed E-state index contributed by atoms with van der Waals surface area (Å²) in [7, 11) is 10.3. The molecule has 0 unspecified atom stereocenters. The van der Waals surface area contributed by atoms with Gasteiger partial charge in [0.25, 0.3) is 0 Å². The van der Waals surface area contributed by atoms with E-state index in [0.717, 1.165) is 32.1 Å². The van der Waals surface area contributed by atoms with Crippen LogP contribution in [0.5, 0.6) is 0 Å². The van der Waals surface area contributed by atoms with Crippen LogP contribution in [0, 0.1) is 47.3 Å². The Morgan fingerprint density at radius 3 is 1.31 bits per heavy atom. The number of hydrogen-bond acceptors (Lipinski definition) is 12. The minimum absolute atomic E-state index is 0.107. The molecule has 0 aromatic heterocycles. The zero-order valence-electron chi connectivity index (χ0n) is 58.6. The molecule has 0 bridgehead atoms. The highest BCUT2D eigenvalue weighted by Crippen LogP contribution is 2.29. The largest absolute Gasteiger partial charge is 0.343 e. The highest BCUT2D eigenvalue weighted by atomic mass is 16.2. The molecule has 1 rings (SSSR count). The number of nitrogens with zero attached hydrogens (tertiary/aromatic N) is 7. The number of nitrogens with one attached hydrogen (secondary N) is 4. The molecule has 0 saturated carbocycles. The highest BCUT2D eigenvalue weighted by Gasteiger charge is 2.45. The molecule has 11 amide bonds. The number of nitrogens with two attached hydrogens (primary N) is 1. The zero-order chi connectivity index (χ0) is 68.1. The Morgan fingerprint density at radius 2 is 0.841 bits per heavy atom. The number of amides is 11. The van der Waals surface area contributed by atoms with Crippen LogP contribution in [0.2, 0.25) is 0 Å². The van der Waals surface area contributed by atoms with E-state index in [1.807, 2.05) is 69.2 Å². The van der Waals surface area contributed by atoms with Crippen molar-refractivity contribution in [3.63, 3.8) is 0 Å². The van der Waals surface area contributed by atoms with Gasteiger partial charge in [0, 0.05) is 49.3 Å². The van der Waals surface area contributed by atoms with Crippen LogP contribution in [0.4, 0.5) is 0 Å². The van der Waals surface area contributed by atoms with E-state index in [-0.39, 0.29) is 61.7 Å². The molecule has 1 heterocycles. The molecule has 1 saturated heterocycles. The summed E-state index contributed by atoms with van der Waals surface area (Å²) in [6, 6.07) is -11.5. The average molecular weight is 1250 g/mol. The first-order chi connectivity index (χ1) is 40.7. The molecular formula is C65H120N12O11. The summed E-state index contributed by atoms with van der Waals surface area (Å²) in [5, 5.41) is 11.2. The van der Waals surface area contributed by atoms with Gasteiger partial charge in [-0.1, -0.05) is 130 Å². The van der Waals surface area contributed by atoms with E-state index in [9.17, 15) is 33.6 Å². The fraction of sp³-hybridized carbons (Fsp3) is 0.831. The van der Waals surface area contributed by atoms with E-state index in [4.69, 9.17) is 5.73 Å². The Labute approximate surface area is 529 Å². The molecule has 1 aliphatic heterocycles. The van der Waals surface area contributed by atoms with Gasteiger partial charge in [-0.3, -0.25) is 52.7 Å². The normalized spacial score (nSPS) is 26.3. The fourth-order valence-electron chi connectivity index (χ4n) is 11.6. The lowest BCUT2D eigenvalue weighted by Gasteiger charge is -2.42. The Morgan fingerprint density at radius 1 is 0.420 bits per heavy atom. The van der Waals surface area contributed by atoms with Crippen molar-refractivity contribution >= 4 is 65.0 Å². The molecule has 0 spiro atoms. The van der Waals surface area contributed by atoms with E-state index >= 15 is 19.2 Å². The van der Waals surface area contributed by atoms with E-state index in [2.05, 4.69) is 21.3 Å². The minimum Gasteiger partial charge on any atom is -0.343 e. The molecule has 6 N–H and O–H groups in total. The third-order valence-corrected chi connectivity index (χ3v) is 17.4. The highest BCUT2D eigenvalue weighted by molar-refractivity contribution is 5.99. The molecule has 0 aromatic carbocycles. The first-order valence-electron chi connectivity index (χ1n) is 32.5. The molecule has 1 aliphatic rings. The second-order valence-electron chi connectivity index (χ2n) is 27.6. The summed E-state index contributed by atoms with van der Waals surface area (Å²) in [4.78, 5) is 170. The number of unbranched alkanes of at least 4 members (excludes halogenated alkanes) is 3. The fourth-order valence-corrected chi connectivity index (χ4v) is 11.6. The summed E-state index contributed by atoms with van der Waals surface area (Å²) >= 11 is 0. The van der Waals surface area contributed by atoms with E-state index in [1.165, 1.54) is 97.5 Å². The lowest BCUT2D eigenvalue weighted by atomic mass is 9.83. The second-order valence-corrected chi connectivity index (χ2v) is 27.6. The predicted molar refractivity (Wildman–Crippen MR) is 344 cm³/mol. The van der Waals surface area contributed by atoms with Gasteiger partial charge in [-0.15, -0.1) is 0 Å². The molecule has 0 radical (unpaired) electrons. The minimum atomic E-state index is -1.21. The Kier molecular flexibility index (Phi) is 34.0. The van der Waals surface area contributed by atoms with Crippen molar-refractivity contribution in [2.75, 3.05) is 62.4 Å². The van der Waals surface area contributed by atoms with Crippen LogP contribution >= 0.6 is 0 Å². The van der Waals surface area contributed by atoms with Gasteiger partial charge >= 0.3 is 0 Å². The van der Waals surface area contributed by atoms with Gasteiger partial charge in [-0.2, -0.15) is 0 Å². The molecule has 12 atom stereocenters. The molecule has 23 heteroatoms. The molecule has 23 nitrogen and oxygen atoms in total. The van der Waals surface area contributed by atoms with Crippen molar-refractivity contribution < 1.29 is 52.7 Å². The van der Waals surface area contributed by atoms with Gasteiger partial charge in [0.15, 0.2) is 0 Å². The van der Waals surface area contributed by atoms with Crippen LogP contribution in [0.15, 0.2) is 0 Å². The van der Waals surface area contributed by atoms with Crippen LogP contribution in [-0.2, 0) is 52.7 Å².